The van der Waals surface area contributed by atoms with Crippen LogP contribution in [0.25, 0.3) is 0 Å². The van der Waals surface area contributed by atoms with E-state index >= 15 is 0 Å². The van der Waals surface area contributed by atoms with E-state index in [1.807, 2.05) is 0 Å². The lowest BCUT2D eigenvalue weighted by Gasteiger charge is -2.34. The minimum absolute atomic E-state index is 0.290. The Labute approximate surface area is 106 Å². The second kappa shape index (κ2) is 7.34. The molecule has 0 radical (unpaired) electrons. The number of rotatable bonds is 7. The molecule has 3 heteroatoms. The lowest BCUT2D eigenvalue weighted by molar-refractivity contribution is 0.0878. The number of nitrogens with zero attached hydrogens (tertiary/aromatic N) is 1. The molecule has 102 valence electrons. The lowest BCUT2D eigenvalue weighted by atomic mass is 9.87. The van der Waals surface area contributed by atoms with E-state index in [4.69, 9.17) is 5.73 Å². The first-order chi connectivity index (χ1) is 8.09. The van der Waals surface area contributed by atoms with Gasteiger partial charge < -0.3 is 10.8 Å². The molecule has 0 aromatic carbocycles. The minimum Gasteiger partial charge on any atom is -0.395 e. The molecule has 1 saturated heterocycles. The Bertz CT molecular complexity index is 206. The molecular formula is C14H30N2O. The van der Waals surface area contributed by atoms with E-state index < -0.39 is 0 Å². The van der Waals surface area contributed by atoms with Crippen LogP contribution in [-0.2, 0) is 0 Å². The zero-order valence-electron chi connectivity index (χ0n) is 11.6. The maximum absolute atomic E-state index is 9.33. The van der Waals surface area contributed by atoms with E-state index in [2.05, 4.69) is 18.7 Å². The first kappa shape index (κ1) is 14.9. The number of aliphatic hydroxyl groups excluding tert-OH is 1. The summed E-state index contributed by atoms with van der Waals surface area (Å²) in [5.41, 5.74) is 6.02. The highest BCUT2D eigenvalue weighted by Crippen LogP contribution is 2.22. The lowest BCUT2D eigenvalue weighted by Crippen LogP contribution is -2.42. The van der Waals surface area contributed by atoms with Crippen molar-refractivity contribution in [1.82, 2.24) is 4.90 Å². The molecule has 17 heavy (non-hydrogen) atoms. The Morgan fingerprint density at radius 3 is 2.71 bits per heavy atom. The summed E-state index contributed by atoms with van der Waals surface area (Å²) in [5.74, 6) is 0. The summed E-state index contributed by atoms with van der Waals surface area (Å²) in [7, 11) is 0. The number of hydrogen-bond donors (Lipinski definition) is 2. The van der Waals surface area contributed by atoms with Crippen LogP contribution >= 0.6 is 0 Å². The number of aliphatic hydroxyl groups is 1. The molecule has 1 heterocycles. The van der Waals surface area contributed by atoms with Crippen molar-refractivity contribution in [3.05, 3.63) is 0 Å². The van der Waals surface area contributed by atoms with Gasteiger partial charge in [0, 0.05) is 6.04 Å². The van der Waals surface area contributed by atoms with Gasteiger partial charge in [0.25, 0.3) is 0 Å². The minimum atomic E-state index is 0.290. The first-order valence-electron chi connectivity index (χ1n) is 7.14. The topological polar surface area (TPSA) is 49.5 Å². The van der Waals surface area contributed by atoms with Crippen LogP contribution in [-0.4, -0.2) is 42.3 Å². The van der Waals surface area contributed by atoms with Crippen molar-refractivity contribution in [2.75, 3.05) is 26.2 Å². The van der Waals surface area contributed by atoms with Crippen molar-refractivity contribution >= 4 is 0 Å². The highest BCUT2D eigenvalue weighted by atomic mass is 16.3. The van der Waals surface area contributed by atoms with Crippen LogP contribution in [0, 0.1) is 5.41 Å². The van der Waals surface area contributed by atoms with E-state index in [1.54, 1.807) is 0 Å². The number of piperidine rings is 1. The third-order valence-electron chi connectivity index (χ3n) is 4.06. The fraction of sp³-hybridized carbons (Fsp3) is 1.00. The maximum atomic E-state index is 9.33. The molecule has 0 saturated carbocycles. The van der Waals surface area contributed by atoms with E-state index in [9.17, 15) is 5.11 Å². The normalized spacial score (nSPS) is 22.9. The molecular weight excluding hydrogens is 212 g/mol. The van der Waals surface area contributed by atoms with Crippen LogP contribution in [0.3, 0.4) is 0 Å². The fourth-order valence-electron chi connectivity index (χ4n) is 2.58. The Morgan fingerprint density at radius 1 is 1.29 bits per heavy atom. The summed E-state index contributed by atoms with van der Waals surface area (Å²) in [4.78, 5) is 2.47. The van der Waals surface area contributed by atoms with Gasteiger partial charge in [-0.3, -0.25) is 4.90 Å². The Kier molecular flexibility index (Phi) is 6.45. The summed E-state index contributed by atoms with van der Waals surface area (Å²) in [6.45, 7) is 7.90. The van der Waals surface area contributed by atoms with E-state index in [0.717, 1.165) is 13.1 Å². The Hall–Kier alpha value is -0.120. The molecule has 1 rings (SSSR count). The van der Waals surface area contributed by atoms with Gasteiger partial charge in [0.05, 0.1) is 6.61 Å². The molecule has 0 bridgehead atoms. The molecule has 1 aliphatic rings. The average molecular weight is 242 g/mol. The van der Waals surface area contributed by atoms with Gasteiger partial charge in [0.15, 0.2) is 0 Å². The van der Waals surface area contributed by atoms with Gasteiger partial charge in [-0.2, -0.15) is 0 Å². The average Bonchev–Trinajstić information content (AvgIpc) is 2.35. The monoisotopic (exact) mass is 242 g/mol. The third kappa shape index (κ3) is 5.36. The zero-order valence-corrected chi connectivity index (χ0v) is 11.6. The van der Waals surface area contributed by atoms with E-state index in [-0.39, 0.29) is 5.41 Å². The second-order valence-electron chi connectivity index (χ2n) is 6.19. The molecule has 3 nitrogen and oxygen atoms in total. The zero-order chi connectivity index (χ0) is 12.7. The van der Waals surface area contributed by atoms with Crippen LogP contribution in [0.2, 0.25) is 0 Å². The van der Waals surface area contributed by atoms with Crippen LogP contribution in [0.15, 0.2) is 0 Å². The summed E-state index contributed by atoms with van der Waals surface area (Å²) < 4.78 is 0. The predicted octanol–water partition coefficient (Wildman–Crippen LogP) is 1.99. The van der Waals surface area contributed by atoms with Gasteiger partial charge in [-0.25, -0.2) is 0 Å². The smallest absolute Gasteiger partial charge is 0.0586 e. The summed E-state index contributed by atoms with van der Waals surface area (Å²) >= 11 is 0. The number of likely N-dealkylation sites (tertiary alicyclic amines) is 1. The quantitative estimate of drug-likeness (QED) is 0.671. The molecule has 3 N–H and O–H groups in total. The fourth-order valence-corrected chi connectivity index (χ4v) is 2.58. The summed E-state index contributed by atoms with van der Waals surface area (Å²) in [6, 6.07) is 0.422. The van der Waals surface area contributed by atoms with Gasteiger partial charge in [0.2, 0.25) is 0 Å². The van der Waals surface area contributed by atoms with Crippen LogP contribution in [0.5, 0.6) is 0 Å². The maximum Gasteiger partial charge on any atom is 0.0586 e. The van der Waals surface area contributed by atoms with Crippen LogP contribution in [0.1, 0.15) is 52.4 Å². The van der Waals surface area contributed by atoms with Gasteiger partial charge in [-0.1, -0.05) is 26.7 Å². The largest absolute Gasteiger partial charge is 0.395 e. The molecule has 0 amide bonds. The molecule has 1 fully saturated rings. The number of hydrogen-bond acceptors (Lipinski definition) is 3. The van der Waals surface area contributed by atoms with Gasteiger partial charge >= 0.3 is 0 Å². The molecule has 0 aliphatic carbocycles. The van der Waals surface area contributed by atoms with Crippen molar-refractivity contribution in [3.8, 4) is 0 Å². The Morgan fingerprint density at radius 2 is 2.06 bits per heavy atom. The van der Waals surface area contributed by atoms with Crippen molar-refractivity contribution in [2.45, 2.75) is 58.4 Å². The van der Waals surface area contributed by atoms with Crippen LogP contribution < -0.4 is 5.73 Å². The van der Waals surface area contributed by atoms with Crippen molar-refractivity contribution in [1.29, 1.82) is 0 Å². The summed E-state index contributed by atoms with van der Waals surface area (Å²) in [6.07, 6.45) is 7.44. The summed E-state index contributed by atoms with van der Waals surface area (Å²) in [5, 5.41) is 9.33. The van der Waals surface area contributed by atoms with Crippen LogP contribution in [0.4, 0.5) is 0 Å². The van der Waals surface area contributed by atoms with E-state index in [0.29, 0.717) is 12.6 Å². The highest BCUT2D eigenvalue weighted by Gasteiger charge is 2.21. The van der Waals surface area contributed by atoms with Crippen molar-refractivity contribution < 1.29 is 5.11 Å². The van der Waals surface area contributed by atoms with Crippen molar-refractivity contribution in [3.63, 3.8) is 0 Å². The molecule has 1 aliphatic heterocycles. The predicted molar refractivity (Wildman–Crippen MR) is 73.0 cm³/mol. The highest BCUT2D eigenvalue weighted by molar-refractivity contribution is 4.76. The first-order valence-corrected chi connectivity index (χ1v) is 7.14. The second-order valence-corrected chi connectivity index (χ2v) is 6.19. The molecule has 0 spiro atoms. The standard InChI is InChI=1S/C14H30N2O/c1-14(2,12-15)8-4-6-10-16-9-5-3-7-13(16)11-17/h13,17H,3-12,15H2,1-2H3. The van der Waals surface area contributed by atoms with E-state index in [1.165, 1.54) is 45.1 Å². The molecule has 1 unspecified atom stereocenters. The number of unbranched alkanes of at least 4 members (excludes halogenated alkanes) is 1. The number of nitrogens with two attached hydrogens (primary N) is 1. The SMILES string of the molecule is CC(C)(CN)CCCCN1CCCCC1CO. The molecule has 1 atom stereocenters. The van der Waals surface area contributed by atoms with Gasteiger partial charge in [-0.15, -0.1) is 0 Å². The Balaban J connectivity index is 2.16. The molecule has 0 aromatic rings. The van der Waals surface area contributed by atoms with Crippen molar-refractivity contribution in [2.24, 2.45) is 11.1 Å². The van der Waals surface area contributed by atoms with Gasteiger partial charge in [-0.05, 0) is 50.7 Å². The molecule has 0 aromatic heterocycles. The third-order valence-corrected chi connectivity index (χ3v) is 4.06. The van der Waals surface area contributed by atoms with Gasteiger partial charge in [0.1, 0.15) is 0 Å².